The zero-order valence-electron chi connectivity index (χ0n) is 17.9. The first-order valence-electron chi connectivity index (χ1n) is 10.4. The molecule has 0 bridgehead atoms. The van der Waals surface area contributed by atoms with Crippen molar-refractivity contribution in [1.82, 2.24) is 25.4 Å². The van der Waals surface area contributed by atoms with Gasteiger partial charge in [0.15, 0.2) is 0 Å². The SMILES string of the molecule is CCCO[C@H]1C[C@@H](C(=O)NCc2cnn(C)c2)CC[C@@H]1NC(=O)c1cc[nH]c1.O=CO. The summed E-state index contributed by atoms with van der Waals surface area (Å²) in [5, 5.41) is 17.1. The number of amides is 2. The highest BCUT2D eigenvalue weighted by atomic mass is 16.5. The van der Waals surface area contributed by atoms with Gasteiger partial charge in [-0.1, -0.05) is 6.92 Å². The number of carbonyl (C=O) groups is 3. The van der Waals surface area contributed by atoms with Gasteiger partial charge in [0.05, 0.1) is 23.9 Å². The summed E-state index contributed by atoms with van der Waals surface area (Å²) >= 11 is 0. The van der Waals surface area contributed by atoms with Crippen LogP contribution in [0, 0.1) is 5.92 Å². The van der Waals surface area contributed by atoms with Crippen LogP contribution in [0.5, 0.6) is 0 Å². The van der Waals surface area contributed by atoms with Gasteiger partial charge in [-0.15, -0.1) is 0 Å². The Morgan fingerprint density at radius 3 is 2.81 bits per heavy atom. The maximum atomic E-state index is 12.6. The molecule has 10 heteroatoms. The lowest BCUT2D eigenvalue weighted by Gasteiger charge is -2.35. The van der Waals surface area contributed by atoms with E-state index in [0.717, 1.165) is 24.8 Å². The summed E-state index contributed by atoms with van der Waals surface area (Å²) in [5.41, 5.74) is 1.58. The number of nitrogens with one attached hydrogen (secondary N) is 3. The predicted octanol–water partition coefficient (Wildman–Crippen LogP) is 1.46. The third-order valence-electron chi connectivity index (χ3n) is 5.10. The van der Waals surface area contributed by atoms with Gasteiger partial charge in [-0.2, -0.15) is 5.10 Å². The number of carbonyl (C=O) groups excluding carboxylic acids is 2. The van der Waals surface area contributed by atoms with Gasteiger partial charge in [-0.05, 0) is 31.7 Å². The summed E-state index contributed by atoms with van der Waals surface area (Å²) in [4.78, 5) is 36.3. The second-order valence-corrected chi connectivity index (χ2v) is 7.44. The Morgan fingerprint density at radius 2 is 2.19 bits per heavy atom. The quantitative estimate of drug-likeness (QED) is 0.465. The third-order valence-corrected chi connectivity index (χ3v) is 5.10. The Kier molecular flexibility index (Phi) is 9.76. The van der Waals surface area contributed by atoms with Crippen LogP contribution in [0.1, 0.15) is 48.5 Å². The van der Waals surface area contributed by atoms with Crippen molar-refractivity contribution in [1.29, 1.82) is 0 Å². The molecule has 0 aromatic carbocycles. The van der Waals surface area contributed by atoms with Crippen LogP contribution in [-0.4, -0.2) is 56.9 Å². The highest BCUT2D eigenvalue weighted by Gasteiger charge is 2.35. The number of hydrogen-bond donors (Lipinski definition) is 4. The van der Waals surface area contributed by atoms with Crippen LogP contribution in [0.2, 0.25) is 0 Å². The molecule has 2 aromatic rings. The third kappa shape index (κ3) is 7.56. The number of rotatable bonds is 8. The van der Waals surface area contributed by atoms with Gasteiger partial charge in [0.25, 0.3) is 12.4 Å². The zero-order valence-corrected chi connectivity index (χ0v) is 17.9. The number of aryl methyl sites for hydroxylation is 1. The van der Waals surface area contributed by atoms with E-state index in [1.165, 1.54) is 0 Å². The van der Waals surface area contributed by atoms with E-state index in [9.17, 15) is 9.59 Å². The number of hydrogen-bond acceptors (Lipinski definition) is 5. The second-order valence-electron chi connectivity index (χ2n) is 7.44. The number of aromatic amines is 1. The Balaban J connectivity index is 0.00000107. The van der Waals surface area contributed by atoms with Gasteiger partial charge in [0.2, 0.25) is 5.91 Å². The maximum absolute atomic E-state index is 12.6. The Morgan fingerprint density at radius 1 is 1.42 bits per heavy atom. The first-order chi connectivity index (χ1) is 15.0. The van der Waals surface area contributed by atoms with E-state index in [0.29, 0.717) is 25.1 Å². The lowest BCUT2D eigenvalue weighted by molar-refractivity contribution is -0.128. The first kappa shape index (κ1) is 24.1. The molecular formula is C21H31N5O5. The van der Waals surface area contributed by atoms with E-state index in [1.54, 1.807) is 29.3 Å². The lowest BCUT2D eigenvalue weighted by Crippen LogP contribution is -2.50. The number of ether oxygens (including phenoxy) is 1. The Bertz CT molecular complexity index is 820. The largest absolute Gasteiger partial charge is 0.483 e. The van der Waals surface area contributed by atoms with Gasteiger partial charge in [-0.25, -0.2) is 0 Å². The van der Waals surface area contributed by atoms with E-state index < -0.39 is 0 Å². The van der Waals surface area contributed by atoms with Crippen molar-refractivity contribution in [2.75, 3.05) is 6.61 Å². The highest BCUT2D eigenvalue weighted by molar-refractivity contribution is 5.94. The standard InChI is InChI=1S/C20H29N5O3.CH2O2/c1-3-8-28-18-9-15(19(26)22-10-14-11-23-25(2)13-14)4-5-17(18)24-20(27)16-6-7-21-12-16;2-1-3/h6-7,11-13,15,17-18,21H,3-5,8-10H2,1-2H3,(H,22,26)(H,24,27);1H,(H,2,3)/t15-,17-,18-;/m0./s1. The average molecular weight is 434 g/mol. The average Bonchev–Trinajstić information content (AvgIpc) is 3.44. The van der Waals surface area contributed by atoms with Crippen LogP contribution in [0.15, 0.2) is 30.9 Å². The molecule has 2 aromatic heterocycles. The molecular weight excluding hydrogens is 402 g/mol. The van der Waals surface area contributed by atoms with Crippen molar-refractivity contribution in [2.45, 2.75) is 51.3 Å². The van der Waals surface area contributed by atoms with Gasteiger partial charge >= 0.3 is 0 Å². The van der Waals surface area contributed by atoms with Crippen LogP contribution in [0.25, 0.3) is 0 Å². The predicted molar refractivity (Wildman–Crippen MR) is 113 cm³/mol. The molecule has 10 nitrogen and oxygen atoms in total. The van der Waals surface area contributed by atoms with Gasteiger partial charge < -0.3 is 25.5 Å². The van der Waals surface area contributed by atoms with E-state index in [1.807, 2.05) is 20.2 Å². The number of aromatic nitrogens is 3. The number of nitrogens with zero attached hydrogens (tertiary/aromatic N) is 2. The molecule has 31 heavy (non-hydrogen) atoms. The summed E-state index contributed by atoms with van der Waals surface area (Å²) in [5.74, 6) is -0.195. The van der Waals surface area contributed by atoms with Crippen LogP contribution < -0.4 is 10.6 Å². The molecule has 1 aliphatic carbocycles. The first-order valence-corrected chi connectivity index (χ1v) is 10.4. The minimum Gasteiger partial charge on any atom is -0.483 e. The van der Waals surface area contributed by atoms with Crippen molar-refractivity contribution in [2.24, 2.45) is 13.0 Å². The minimum atomic E-state index is -0.250. The molecule has 1 saturated carbocycles. The van der Waals surface area contributed by atoms with Crippen LogP contribution in [0.3, 0.4) is 0 Å². The molecule has 0 aliphatic heterocycles. The Labute approximate surface area is 181 Å². The number of H-pyrrole nitrogens is 1. The summed E-state index contributed by atoms with van der Waals surface area (Å²) in [6.45, 7) is 2.89. The molecule has 0 saturated heterocycles. The van der Waals surface area contributed by atoms with Crippen molar-refractivity contribution in [3.8, 4) is 0 Å². The van der Waals surface area contributed by atoms with Crippen molar-refractivity contribution in [3.05, 3.63) is 42.0 Å². The second kappa shape index (κ2) is 12.5. The van der Waals surface area contributed by atoms with Crippen molar-refractivity contribution in [3.63, 3.8) is 0 Å². The molecule has 0 spiro atoms. The van der Waals surface area contributed by atoms with Gasteiger partial charge in [0, 0.05) is 50.3 Å². The maximum Gasteiger partial charge on any atom is 0.290 e. The van der Waals surface area contributed by atoms with E-state index in [-0.39, 0.29) is 36.4 Å². The fourth-order valence-electron chi connectivity index (χ4n) is 3.60. The van der Waals surface area contributed by atoms with E-state index in [4.69, 9.17) is 14.6 Å². The molecule has 1 fully saturated rings. The lowest BCUT2D eigenvalue weighted by atomic mass is 9.83. The fourth-order valence-corrected chi connectivity index (χ4v) is 3.60. The topological polar surface area (TPSA) is 138 Å². The van der Waals surface area contributed by atoms with Gasteiger partial charge in [-0.3, -0.25) is 19.1 Å². The molecule has 2 heterocycles. The molecule has 1 aliphatic rings. The van der Waals surface area contributed by atoms with Crippen LogP contribution in [0.4, 0.5) is 0 Å². The summed E-state index contributed by atoms with van der Waals surface area (Å²) in [6, 6.07) is 1.66. The zero-order chi connectivity index (χ0) is 22.6. The normalized spacial score (nSPS) is 20.3. The van der Waals surface area contributed by atoms with Gasteiger partial charge in [0.1, 0.15) is 0 Å². The van der Waals surface area contributed by atoms with E-state index in [2.05, 4.69) is 20.7 Å². The highest BCUT2D eigenvalue weighted by Crippen LogP contribution is 2.28. The van der Waals surface area contributed by atoms with Crippen molar-refractivity contribution < 1.29 is 24.2 Å². The molecule has 2 amide bonds. The molecule has 4 N–H and O–H groups in total. The van der Waals surface area contributed by atoms with E-state index >= 15 is 0 Å². The van der Waals surface area contributed by atoms with Crippen LogP contribution in [-0.2, 0) is 27.9 Å². The minimum absolute atomic E-state index is 0.0318. The molecule has 3 atom stereocenters. The smallest absolute Gasteiger partial charge is 0.290 e. The fraction of sp³-hybridized carbons (Fsp3) is 0.524. The number of carboxylic acid groups (broad SMARTS) is 1. The molecule has 3 rings (SSSR count). The van der Waals surface area contributed by atoms with Crippen molar-refractivity contribution >= 4 is 18.3 Å². The summed E-state index contributed by atoms with van der Waals surface area (Å²) in [6.07, 6.45) is 9.83. The van der Waals surface area contributed by atoms with Crippen LogP contribution >= 0.6 is 0 Å². The monoisotopic (exact) mass is 433 g/mol. The molecule has 170 valence electrons. The molecule has 0 unspecified atom stereocenters. The summed E-state index contributed by atoms with van der Waals surface area (Å²) in [7, 11) is 1.85. The molecule has 0 radical (unpaired) electrons. The Hall–Kier alpha value is -3.14. The summed E-state index contributed by atoms with van der Waals surface area (Å²) < 4.78 is 7.71.